The summed E-state index contributed by atoms with van der Waals surface area (Å²) in [6.45, 7) is 7.72. The number of hydrogen-bond donors (Lipinski definition) is 2. The van der Waals surface area contributed by atoms with Crippen LogP contribution in [0.2, 0.25) is 0 Å². The topological polar surface area (TPSA) is 127 Å². The Morgan fingerprint density at radius 2 is 1.76 bits per heavy atom. The second kappa shape index (κ2) is 16.2. The maximum Gasteiger partial charge on any atom is 0.261 e. The highest BCUT2D eigenvalue weighted by atomic mass is 32.2. The Hall–Kier alpha value is -3.91. The third kappa shape index (κ3) is 9.41. The second-order valence-corrected chi connectivity index (χ2v) is 14.6. The van der Waals surface area contributed by atoms with Crippen LogP contribution in [-0.4, -0.2) is 87.6 Å². The van der Waals surface area contributed by atoms with Crippen LogP contribution in [0.25, 0.3) is 0 Å². The van der Waals surface area contributed by atoms with E-state index >= 15 is 0 Å². The van der Waals surface area contributed by atoms with Gasteiger partial charge in [0.25, 0.3) is 15.9 Å². The zero-order valence-electron chi connectivity index (χ0n) is 28.4. The van der Waals surface area contributed by atoms with Crippen molar-refractivity contribution in [1.29, 1.82) is 0 Å². The van der Waals surface area contributed by atoms with Crippen LogP contribution in [0.1, 0.15) is 56.0 Å². The third-order valence-corrected chi connectivity index (χ3v) is 10.2. The number of amides is 1. The van der Waals surface area contributed by atoms with Gasteiger partial charge < -0.3 is 29.0 Å². The zero-order chi connectivity index (χ0) is 35.1. The number of carbonyl (C=O) groups excluding carboxylic acids is 1. The van der Waals surface area contributed by atoms with Crippen LogP contribution in [0.15, 0.2) is 65.6 Å². The molecule has 11 nitrogen and oxygen atoms in total. The van der Waals surface area contributed by atoms with Gasteiger partial charge in [-0.15, -0.1) is 0 Å². The number of fused-ring (bicyclic) bond motifs is 2. The first-order valence-corrected chi connectivity index (χ1v) is 18.1. The SMILES string of the molecule is C[C@@H]1CN([C@@H](C)CO)C(=O)c2cc(NS(=O)(=O)c3ccc(F)cc3)ccc2O[C@@H](C)CCCCO[C@@H]1CN(C)Cc1ccc2c(c1)OCO2. The minimum absolute atomic E-state index is 0.121. The van der Waals surface area contributed by atoms with Crippen LogP contribution in [0.5, 0.6) is 17.2 Å². The Bertz CT molecular complexity index is 1690. The van der Waals surface area contributed by atoms with Crippen molar-refractivity contribution >= 4 is 21.6 Å². The van der Waals surface area contributed by atoms with Crippen molar-refractivity contribution in [3.05, 3.63) is 77.6 Å². The molecule has 49 heavy (non-hydrogen) atoms. The van der Waals surface area contributed by atoms with Crippen LogP contribution in [-0.2, 0) is 21.3 Å². The molecular formula is C36H46FN3O8S. The van der Waals surface area contributed by atoms with Gasteiger partial charge in [0, 0.05) is 37.8 Å². The third-order valence-electron chi connectivity index (χ3n) is 8.81. The van der Waals surface area contributed by atoms with E-state index in [0.717, 1.165) is 48.5 Å². The van der Waals surface area contributed by atoms with Gasteiger partial charge in [-0.3, -0.25) is 14.4 Å². The first-order valence-electron chi connectivity index (χ1n) is 16.6. The normalized spacial score (nSPS) is 21.1. The number of benzene rings is 3. The summed E-state index contributed by atoms with van der Waals surface area (Å²) in [6.07, 6.45) is 1.93. The maximum absolute atomic E-state index is 14.4. The van der Waals surface area contributed by atoms with Crippen molar-refractivity contribution in [3.8, 4) is 17.2 Å². The summed E-state index contributed by atoms with van der Waals surface area (Å²) in [7, 11) is -2.06. The van der Waals surface area contributed by atoms with Crippen LogP contribution in [0.4, 0.5) is 10.1 Å². The number of sulfonamides is 1. The van der Waals surface area contributed by atoms with Gasteiger partial charge in [-0.1, -0.05) is 13.0 Å². The molecule has 0 unspecified atom stereocenters. The molecule has 3 aromatic rings. The van der Waals surface area contributed by atoms with Crippen LogP contribution >= 0.6 is 0 Å². The number of carbonyl (C=O) groups is 1. The molecule has 266 valence electrons. The molecule has 2 aliphatic heterocycles. The summed E-state index contributed by atoms with van der Waals surface area (Å²) in [5.74, 6) is 0.671. The summed E-state index contributed by atoms with van der Waals surface area (Å²) in [5.41, 5.74) is 1.38. The Kier molecular flexibility index (Phi) is 12.0. The molecular weight excluding hydrogens is 653 g/mol. The van der Waals surface area contributed by atoms with E-state index in [4.69, 9.17) is 18.9 Å². The summed E-state index contributed by atoms with van der Waals surface area (Å²) in [5, 5.41) is 10.2. The molecule has 0 saturated heterocycles. The molecule has 0 spiro atoms. The molecule has 0 fully saturated rings. The van der Waals surface area contributed by atoms with Crippen molar-refractivity contribution in [2.75, 3.05) is 44.9 Å². The predicted octanol–water partition coefficient (Wildman–Crippen LogP) is 5.28. The summed E-state index contributed by atoms with van der Waals surface area (Å²) < 4.78 is 65.9. The average Bonchev–Trinajstić information content (AvgIpc) is 3.54. The lowest BCUT2D eigenvalue weighted by atomic mass is 10.0. The van der Waals surface area contributed by atoms with Gasteiger partial charge in [0.05, 0.1) is 35.3 Å². The molecule has 4 atom stereocenters. The number of aliphatic hydroxyl groups excluding tert-OH is 1. The van der Waals surface area contributed by atoms with Crippen molar-refractivity contribution < 1.29 is 41.7 Å². The van der Waals surface area contributed by atoms with E-state index in [1.54, 1.807) is 17.9 Å². The first-order chi connectivity index (χ1) is 23.4. The summed E-state index contributed by atoms with van der Waals surface area (Å²) in [4.78, 5) is 18.0. The molecule has 1 amide bonds. The molecule has 2 aliphatic rings. The Morgan fingerprint density at radius 1 is 1.02 bits per heavy atom. The van der Waals surface area contributed by atoms with Crippen molar-refractivity contribution in [3.63, 3.8) is 0 Å². The van der Waals surface area contributed by atoms with Crippen molar-refractivity contribution in [2.24, 2.45) is 5.92 Å². The lowest BCUT2D eigenvalue weighted by molar-refractivity contribution is -0.0177. The van der Waals surface area contributed by atoms with E-state index < -0.39 is 27.8 Å². The quantitative estimate of drug-likeness (QED) is 0.307. The highest BCUT2D eigenvalue weighted by Gasteiger charge is 2.31. The molecule has 3 aromatic carbocycles. The van der Waals surface area contributed by atoms with E-state index in [-0.39, 0.29) is 54.2 Å². The molecule has 0 saturated carbocycles. The van der Waals surface area contributed by atoms with Gasteiger partial charge in [0.1, 0.15) is 11.6 Å². The van der Waals surface area contributed by atoms with Gasteiger partial charge in [0.15, 0.2) is 11.5 Å². The van der Waals surface area contributed by atoms with Gasteiger partial charge >= 0.3 is 0 Å². The van der Waals surface area contributed by atoms with Crippen molar-refractivity contribution in [2.45, 2.75) is 69.7 Å². The van der Waals surface area contributed by atoms with Gasteiger partial charge in [-0.25, -0.2) is 12.8 Å². The summed E-state index contributed by atoms with van der Waals surface area (Å²) >= 11 is 0. The van der Waals surface area contributed by atoms with E-state index in [1.807, 2.05) is 39.1 Å². The molecule has 2 heterocycles. The van der Waals surface area contributed by atoms with Gasteiger partial charge in [0.2, 0.25) is 6.79 Å². The largest absolute Gasteiger partial charge is 0.490 e. The molecule has 13 heteroatoms. The molecule has 0 aliphatic carbocycles. The molecule has 2 N–H and O–H groups in total. The minimum Gasteiger partial charge on any atom is -0.490 e. The van der Waals surface area contributed by atoms with E-state index in [9.17, 15) is 22.7 Å². The lowest BCUT2D eigenvalue weighted by Crippen LogP contribution is -2.47. The van der Waals surface area contributed by atoms with Crippen LogP contribution in [0, 0.1) is 11.7 Å². The highest BCUT2D eigenvalue weighted by molar-refractivity contribution is 7.92. The number of ether oxygens (including phenoxy) is 4. The monoisotopic (exact) mass is 699 g/mol. The highest BCUT2D eigenvalue weighted by Crippen LogP contribution is 2.33. The molecule has 5 rings (SSSR count). The number of rotatable bonds is 9. The summed E-state index contributed by atoms with van der Waals surface area (Å²) in [6, 6.07) is 14.4. The number of halogens is 1. The van der Waals surface area contributed by atoms with E-state index in [2.05, 4.69) is 9.62 Å². The Balaban J connectivity index is 1.40. The molecule has 0 aromatic heterocycles. The predicted molar refractivity (Wildman–Crippen MR) is 183 cm³/mol. The van der Waals surface area contributed by atoms with Crippen LogP contribution in [0.3, 0.4) is 0 Å². The van der Waals surface area contributed by atoms with E-state index in [1.165, 1.54) is 24.3 Å². The van der Waals surface area contributed by atoms with Crippen LogP contribution < -0.4 is 18.9 Å². The second-order valence-electron chi connectivity index (χ2n) is 13.0. The lowest BCUT2D eigenvalue weighted by Gasteiger charge is -2.36. The Morgan fingerprint density at radius 3 is 2.51 bits per heavy atom. The molecule has 0 bridgehead atoms. The smallest absolute Gasteiger partial charge is 0.261 e. The van der Waals surface area contributed by atoms with Crippen molar-refractivity contribution in [1.82, 2.24) is 9.80 Å². The average molecular weight is 700 g/mol. The van der Waals surface area contributed by atoms with Gasteiger partial charge in [-0.05, 0) is 100 Å². The standard InChI is InChI=1S/C36H46FN3O8S/c1-24-19-40(25(2)22-41)36(42)31-18-29(38-49(43,44)30-12-9-28(37)10-13-30)11-15-32(31)48-26(3)7-5-6-16-45-35(24)21-39(4)20-27-8-14-33-34(17-27)47-23-46-33/h8-15,17-18,24-26,35,38,41H,5-7,16,19-23H2,1-4H3/t24-,25+,26+,35-/m1/s1. The fourth-order valence-corrected chi connectivity index (χ4v) is 7.05. The zero-order valence-corrected chi connectivity index (χ0v) is 29.2. The first kappa shape index (κ1) is 36.4. The van der Waals surface area contributed by atoms with E-state index in [0.29, 0.717) is 25.4 Å². The van der Waals surface area contributed by atoms with Gasteiger partial charge in [-0.2, -0.15) is 0 Å². The molecule has 0 radical (unpaired) electrons. The minimum atomic E-state index is -4.08. The fourth-order valence-electron chi connectivity index (χ4n) is 6.00. The number of aliphatic hydroxyl groups is 1. The number of nitrogens with one attached hydrogen (secondary N) is 1. The number of anilines is 1. The number of likely N-dealkylation sites (N-methyl/N-ethyl adjacent to an activating group) is 1. The number of hydrogen-bond acceptors (Lipinski definition) is 9. The Labute approximate surface area is 288 Å². The number of nitrogens with zero attached hydrogens (tertiary/aromatic N) is 2. The fraction of sp³-hybridized carbons (Fsp3) is 0.472. The maximum atomic E-state index is 14.4.